The molecule has 0 fully saturated rings. The fourth-order valence-corrected chi connectivity index (χ4v) is 2.20. The third-order valence-electron chi connectivity index (χ3n) is 3.16. The van der Waals surface area contributed by atoms with Crippen LogP contribution in [-0.2, 0) is 0 Å². The standard InChI is InChI=1S/C16H13N3O2/c17-13-5-1-3-11(9-13)15-7-8-18-19(15)14-6-2-4-12(10-14)16(20)21/h1-10H,17H2,(H,20,21). The van der Waals surface area contributed by atoms with Crippen molar-refractivity contribution in [2.24, 2.45) is 0 Å². The van der Waals surface area contributed by atoms with Gasteiger partial charge in [0.15, 0.2) is 0 Å². The minimum Gasteiger partial charge on any atom is -0.478 e. The Bertz CT molecular complexity index is 809. The highest BCUT2D eigenvalue weighted by Crippen LogP contribution is 2.24. The monoisotopic (exact) mass is 279 g/mol. The van der Waals surface area contributed by atoms with Crippen LogP contribution in [0.1, 0.15) is 10.4 Å². The second-order valence-corrected chi connectivity index (χ2v) is 4.61. The average Bonchev–Trinajstić information content (AvgIpc) is 2.97. The van der Waals surface area contributed by atoms with Crippen LogP contribution < -0.4 is 5.73 Å². The Morgan fingerprint density at radius 1 is 1.10 bits per heavy atom. The van der Waals surface area contributed by atoms with Crippen molar-refractivity contribution in [3.8, 4) is 16.9 Å². The molecule has 0 aliphatic heterocycles. The maximum absolute atomic E-state index is 11.1. The summed E-state index contributed by atoms with van der Waals surface area (Å²) in [5.74, 6) is -0.963. The Hall–Kier alpha value is -3.08. The molecule has 0 bridgehead atoms. The van der Waals surface area contributed by atoms with Crippen LogP contribution in [0.4, 0.5) is 5.69 Å². The quantitative estimate of drug-likeness (QED) is 0.722. The summed E-state index contributed by atoms with van der Waals surface area (Å²) in [4.78, 5) is 11.1. The van der Waals surface area contributed by atoms with Gasteiger partial charge in [-0.2, -0.15) is 5.10 Å². The zero-order valence-electron chi connectivity index (χ0n) is 11.1. The van der Waals surface area contributed by atoms with E-state index in [0.29, 0.717) is 11.4 Å². The number of carboxylic acids is 1. The van der Waals surface area contributed by atoms with Gasteiger partial charge in [0.1, 0.15) is 0 Å². The molecule has 3 N–H and O–H groups in total. The van der Waals surface area contributed by atoms with E-state index >= 15 is 0 Å². The van der Waals surface area contributed by atoms with E-state index in [9.17, 15) is 4.79 Å². The van der Waals surface area contributed by atoms with E-state index in [-0.39, 0.29) is 5.56 Å². The fourth-order valence-electron chi connectivity index (χ4n) is 2.20. The van der Waals surface area contributed by atoms with Gasteiger partial charge in [-0.05, 0) is 36.4 Å². The van der Waals surface area contributed by atoms with Crippen molar-refractivity contribution >= 4 is 11.7 Å². The summed E-state index contributed by atoms with van der Waals surface area (Å²) in [5.41, 5.74) is 9.17. The molecule has 0 aliphatic rings. The van der Waals surface area contributed by atoms with Crippen molar-refractivity contribution in [2.45, 2.75) is 0 Å². The van der Waals surface area contributed by atoms with Crippen molar-refractivity contribution in [2.75, 3.05) is 5.73 Å². The van der Waals surface area contributed by atoms with Crippen molar-refractivity contribution in [1.29, 1.82) is 0 Å². The molecule has 1 heterocycles. The fraction of sp³-hybridized carbons (Fsp3) is 0. The first-order valence-corrected chi connectivity index (χ1v) is 6.39. The Morgan fingerprint density at radius 3 is 2.67 bits per heavy atom. The number of nitrogens with zero attached hydrogens (tertiary/aromatic N) is 2. The van der Waals surface area contributed by atoms with E-state index in [2.05, 4.69) is 5.10 Å². The molecule has 0 spiro atoms. The lowest BCUT2D eigenvalue weighted by molar-refractivity contribution is 0.0697. The highest BCUT2D eigenvalue weighted by atomic mass is 16.4. The predicted octanol–water partition coefficient (Wildman–Crippen LogP) is 2.82. The summed E-state index contributed by atoms with van der Waals surface area (Å²) in [6.07, 6.45) is 1.67. The molecule has 0 radical (unpaired) electrons. The molecule has 0 aliphatic carbocycles. The third kappa shape index (κ3) is 2.49. The van der Waals surface area contributed by atoms with Crippen molar-refractivity contribution in [3.05, 3.63) is 66.4 Å². The first-order valence-electron chi connectivity index (χ1n) is 6.39. The Kier molecular flexibility index (Phi) is 3.16. The van der Waals surface area contributed by atoms with Gasteiger partial charge >= 0.3 is 5.97 Å². The number of aromatic carboxylic acids is 1. The van der Waals surface area contributed by atoms with Gasteiger partial charge in [-0.1, -0.05) is 18.2 Å². The lowest BCUT2D eigenvalue weighted by atomic mass is 10.1. The maximum Gasteiger partial charge on any atom is 0.335 e. The van der Waals surface area contributed by atoms with Crippen molar-refractivity contribution in [1.82, 2.24) is 9.78 Å². The number of aromatic nitrogens is 2. The molecule has 0 amide bonds. The van der Waals surface area contributed by atoms with Gasteiger partial charge < -0.3 is 10.8 Å². The Balaban J connectivity index is 2.11. The number of hydrogen-bond acceptors (Lipinski definition) is 3. The lowest BCUT2D eigenvalue weighted by Gasteiger charge is -2.09. The molecule has 21 heavy (non-hydrogen) atoms. The SMILES string of the molecule is Nc1cccc(-c2ccnn2-c2cccc(C(=O)O)c2)c1. The van der Waals surface area contributed by atoms with Crippen LogP contribution in [0.25, 0.3) is 16.9 Å². The molecule has 2 aromatic carbocycles. The summed E-state index contributed by atoms with van der Waals surface area (Å²) in [6, 6.07) is 16.0. The number of carbonyl (C=O) groups is 1. The molecule has 0 saturated carbocycles. The largest absolute Gasteiger partial charge is 0.478 e. The minimum atomic E-state index is -0.963. The van der Waals surface area contributed by atoms with Gasteiger partial charge in [-0.25, -0.2) is 9.48 Å². The molecular formula is C16H13N3O2. The second kappa shape index (κ2) is 5.13. The first-order chi connectivity index (χ1) is 10.1. The van der Waals surface area contributed by atoms with Crippen LogP contribution in [0.3, 0.4) is 0 Å². The summed E-state index contributed by atoms with van der Waals surface area (Å²) in [7, 11) is 0. The smallest absolute Gasteiger partial charge is 0.335 e. The van der Waals surface area contributed by atoms with Gasteiger partial charge in [-0.3, -0.25) is 0 Å². The number of nitrogens with two attached hydrogens (primary N) is 1. The van der Waals surface area contributed by atoms with Gasteiger partial charge in [0.05, 0.1) is 23.1 Å². The molecular weight excluding hydrogens is 266 g/mol. The van der Waals surface area contributed by atoms with Crippen molar-refractivity contribution in [3.63, 3.8) is 0 Å². The Labute approximate surface area is 121 Å². The van der Waals surface area contributed by atoms with Crippen LogP contribution in [0, 0.1) is 0 Å². The van der Waals surface area contributed by atoms with Crippen LogP contribution in [0.5, 0.6) is 0 Å². The number of rotatable bonds is 3. The summed E-state index contributed by atoms with van der Waals surface area (Å²) >= 11 is 0. The first kappa shape index (κ1) is 12.9. The molecule has 5 nitrogen and oxygen atoms in total. The summed E-state index contributed by atoms with van der Waals surface area (Å²) < 4.78 is 1.70. The topological polar surface area (TPSA) is 81.1 Å². The van der Waals surface area contributed by atoms with Crippen LogP contribution >= 0.6 is 0 Å². The molecule has 3 aromatic rings. The van der Waals surface area contributed by atoms with Crippen molar-refractivity contribution < 1.29 is 9.90 Å². The van der Waals surface area contributed by atoms with Gasteiger partial charge in [-0.15, -0.1) is 0 Å². The number of benzene rings is 2. The van der Waals surface area contributed by atoms with Crippen LogP contribution in [0.15, 0.2) is 60.8 Å². The van der Waals surface area contributed by atoms with Gasteiger partial charge in [0.25, 0.3) is 0 Å². The second-order valence-electron chi connectivity index (χ2n) is 4.61. The van der Waals surface area contributed by atoms with E-state index in [1.54, 1.807) is 29.1 Å². The molecule has 5 heteroatoms. The van der Waals surface area contributed by atoms with E-state index < -0.39 is 5.97 Å². The van der Waals surface area contributed by atoms with Crippen LogP contribution in [0.2, 0.25) is 0 Å². The van der Waals surface area contributed by atoms with E-state index in [0.717, 1.165) is 11.3 Å². The highest BCUT2D eigenvalue weighted by Gasteiger charge is 2.10. The van der Waals surface area contributed by atoms with E-state index in [1.807, 2.05) is 36.4 Å². The molecule has 104 valence electrons. The number of hydrogen-bond donors (Lipinski definition) is 2. The number of anilines is 1. The molecule has 3 rings (SSSR count). The van der Waals surface area contributed by atoms with E-state index in [1.165, 1.54) is 0 Å². The molecule has 1 aromatic heterocycles. The predicted molar refractivity (Wildman–Crippen MR) is 80.4 cm³/mol. The molecule has 0 saturated heterocycles. The summed E-state index contributed by atoms with van der Waals surface area (Å²) in [5, 5.41) is 13.4. The maximum atomic E-state index is 11.1. The third-order valence-corrected chi connectivity index (χ3v) is 3.16. The van der Waals surface area contributed by atoms with Crippen LogP contribution in [-0.4, -0.2) is 20.9 Å². The normalized spacial score (nSPS) is 10.5. The van der Waals surface area contributed by atoms with Gasteiger partial charge in [0.2, 0.25) is 0 Å². The number of nitrogen functional groups attached to an aromatic ring is 1. The van der Waals surface area contributed by atoms with E-state index in [4.69, 9.17) is 10.8 Å². The Morgan fingerprint density at radius 2 is 1.90 bits per heavy atom. The summed E-state index contributed by atoms with van der Waals surface area (Å²) in [6.45, 7) is 0. The van der Waals surface area contributed by atoms with Gasteiger partial charge in [0, 0.05) is 11.3 Å². The zero-order valence-corrected chi connectivity index (χ0v) is 11.1. The lowest BCUT2D eigenvalue weighted by Crippen LogP contribution is -2.02. The molecule has 0 atom stereocenters. The molecule has 0 unspecified atom stereocenters. The zero-order chi connectivity index (χ0) is 14.8. The highest BCUT2D eigenvalue weighted by molar-refractivity contribution is 5.88. The minimum absolute atomic E-state index is 0.224. The average molecular weight is 279 g/mol. The number of carboxylic acid groups (broad SMARTS) is 1.